The first-order chi connectivity index (χ1) is 16.1. The molecule has 0 bridgehead atoms. The smallest absolute Gasteiger partial charge is 0.242 e. The summed E-state index contributed by atoms with van der Waals surface area (Å²) >= 11 is 3.41. The lowest BCUT2D eigenvalue weighted by Gasteiger charge is -2.29. The number of sulfonamides is 1. The van der Waals surface area contributed by atoms with Crippen LogP contribution in [0, 0.1) is 11.7 Å². The molecule has 2 N–H and O–H groups in total. The number of nitrogens with zero attached hydrogens (tertiary/aromatic N) is 2. The van der Waals surface area contributed by atoms with Crippen molar-refractivity contribution in [2.24, 2.45) is 5.92 Å². The predicted molar refractivity (Wildman–Crippen MR) is 134 cm³/mol. The van der Waals surface area contributed by atoms with Crippen molar-refractivity contribution in [3.63, 3.8) is 0 Å². The van der Waals surface area contributed by atoms with E-state index in [0.717, 1.165) is 5.56 Å². The second-order valence-corrected chi connectivity index (χ2v) is 11.2. The van der Waals surface area contributed by atoms with E-state index in [1.165, 1.54) is 18.3 Å². The quantitative estimate of drug-likeness (QED) is 0.452. The molecule has 1 aliphatic rings. The van der Waals surface area contributed by atoms with Gasteiger partial charge in [-0.2, -0.15) is 0 Å². The van der Waals surface area contributed by atoms with Gasteiger partial charge in [0, 0.05) is 31.7 Å². The third-order valence-corrected chi connectivity index (χ3v) is 8.09. The van der Waals surface area contributed by atoms with Gasteiger partial charge in [0.25, 0.3) is 0 Å². The van der Waals surface area contributed by atoms with Crippen molar-refractivity contribution in [1.29, 1.82) is 0 Å². The summed E-state index contributed by atoms with van der Waals surface area (Å²) in [5.41, 5.74) is 0.831. The van der Waals surface area contributed by atoms with Gasteiger partial charge in [0.1, 0.15) is 16.5 Å². The van der Waals surface area contributed by atoms with Crippen LogP contribution in [0.2, 0.25) is 0 Å². The van der Waals surface area contributed by atoms with E-state index in [4.69, 9.17) is 0 Å². The van der Waals surface area contributed by atoms with Crippen molar-refractivity contribution in [2.75, 3.05) is 18.5 Å². The van der Waals surface area contributed by atoms with Crippen molar-refractivity contribution < 1.29 is 17.6 Å². The summed E-state index contributed by atoms with van der Waals surface area (Å²) in [6, 6.07) is 7.12. The second kappa shape index (κ2) is 11.4. The maximum Gasteiger partial charge on any atom is 0.242 e. The van der Waals surface area contributed by atoms with Gasteiger partial charge in [-0.1, -0.05) is 18.2 Å². The minimum Gasteiger partial charge on any atom is -0.355 e. The van der Waals surface area contributed by atoms with Gasteiger partial charge in [0.05, 0.1) is 10.5 Å². The normalized spacial score (nSPS) is 19.3. The van der Waals surface area contributed by atoms with Crippen LogP contribution in [0.25, 0.3) is 0 Å². The largest absolute Gasteiger partial charge is 0.355 e. The second-order valence-electron chi connectivity index (χ2n) is 8.60. The third kappa shape index (κ3) is 6.64. The van der Waals surface area contributed by atoms with Crippen molar-refractivity contribution in [3.8, 4) is 0 Å². The van der Waals surface area contributed by atoms with E-state index in [2.05, 4.69) is 37.5 Å². The Labute approximate surface area is 209 Å². The first-order valence-electron chi connectivity index (χ1n) is 11.2. The summed E-state index contributed by atoms with van der Waals surface area (Å²) in [5.74, 6) is 0.0621. The number of anilines is 1. The van der Waals surface area contributed by atoms with Crippen LogP contribution in [0.3, 0.4) is 0 Å². The third-order valence-electron chi connectivity index (χ3n) is 6.02. The van der Waals surface area contributed by atoms with E-state index >= 15 is 0 Å². The average Bonchev–Trinajstić information content (AvgIpc) is 2.79. The van der Waals surface area contributed by atoms with E-state index in [1.54, 1.807) is 24.3 Å². The summed E-state index contributed by atoms with van der Waals surface area (Å²) in [6.07, 6.45) is 5.39. The van der Waals surface area contributed by atoms with Crippen LogP contribution in [0.4, 0.5) is 10.2 Å². The van der Waals surface area contributed by atoms with Gasteiger partial charge in [0.2, 0.25) is 15.9 Å². The van der Waals surface area contributed by atoms with Gasteiger partial charge in [-0.25, -0.2) is 22.5 Å². The molecule has 1 aromatic heterocycles. The molecule has 3 rings (SSSR count). The molecule has 10 heteroatoms. The summed E-state index contributed by atoms with van der Waals surface area (Å²) in [4.78, 5) is 18.9. The Hall–Kier alpha value is -2.30. The summed E-state index contributed by atoms with van der Waals surface area (Å²) < 4.78 is 42.2. The molecule has 1 fully saturated rings. The van der Waals surface area contributed by atoms with E-state index in [-0.39, 0.29) is 34.6 Å². The van der Waals surface area contributed by atoms with Gasteiger partial charge >= 0.3 is 0 Å². The highest BCUT2D eigenvalue weighted by molar-refractivity contribution is 9.10. The number of likely N-dealkylation sites (N-methyl/N-ethyl adjacent to an activating group) is 1. The Morgan fingerprint density at radius 1 is 1.29 bits per heavy atom. The molecule has 0 spiro atoms. The maximum atomic E-state index is 13.1. The Balaban J connectivity index is 1.54. The monoisotopic (exact) mass is 552 g/mol. The van der Waals surface area contributed by atoms with Crippen LogP contribution >= 0.6 is 15.9 Å². The lowest BCUT2D eigenvalue weighted by Crippen LogP contribution is -2.41. The SMILES string of the molecule is C=CCN(C)c1ncc(S(=O)(=O)NC2CCC(C(=O)NC(C)c3ccc(F)cc3)CC2)cc1Br. The Kier molecular flexibility index (Phi) is 8.83. The van der Waals surface area contributed by atoms with Crippen LogP contribution < -0.4 is 14.9 Å². The number of carbonyl (C=O) groups excluding carboxylic acids is 1. The molecule has 0 aliphatic heterocycles. The number of nitrogens with one attached hydrogen (secondary N) is 2. The molecule has 34 heavy (non-hydrogen) atoms. The van der Waals surface area contributed by atoms with Crippen LogP contribution in [0.5, 0.6) is 0 Å². The number of benzene rings is 1. The number of amides is 1. The lowest BCUT2D eigenvalue weighted by molar-refractivity contribution is -0.126. The van der Waals surface area contributed by atoms with Gasteiger partial charge < -0.3 is 10.2 Å². The van der Waals surface area contributed by atoms with Crippen LogP contribution in [-0.4, -0.2) is 38.9 Å². The molecule has 0 saturated heterocycles. The first-order valence-corrected chi connectivity index (χ1v) is 13.4. The molecular formula is C24H30BrFN4O3S. The number of rotatable bonds is 9. The molecule has 0 radical (unpaired) electrons. The van der Waals surface area contributed by atoms with Crippen LogP contribution in [0.15, 0.2) is 58.6 Å². The van der Waals surface area contributed by atoms with Crippen molar-refractivity contribution in [2.45, 2.75) is 49.6 Å². The average molecular weight is 553 g/mol. The van der Waals surface area contributed by atoms with Crippen LogP contribution in [-0.2, 0) is 14.8 Å². The standard InChI is InChI=1S/C24H30BrFN4O3S/c1-4-13-30(3)23-22(25)14-21(15-27-23)34(32,33)29-20-11-7-18(8-12-20)24(31)28-16(2)17-5-9-19(26)10-6-17/h4-6,9-10,14-16,18,20,29H,1,7-8,11-13H2,2-3H3,(H,28,31). The zero-order valence-electron chi connectivity index (χ0n) is 19.3. The molecule has 1 aromatic carbocycles. The summed E-state index contributed by atoms with van der Waals surface area (Å²) in [6.45, 7) is 6.13. The molecule has 1 aliphatic carbocycles. The molecular weight excluding hydrogens is 523 g/mol. The Morgan fingerprint density at radius 3 is 2.53 bits per heavy atom. The zero-order chi connectivity index (χ0) is 24.9. The molecule has 1 saturated carbocycles. The van der Waals surface area contributed by atoms with Crippen molar-refractivity contribution >= 4 is 37.7 Å². The number of carbonyl (C=O) groups is 1. The van der Waals surface area contributed by atoms with Gasteiger partial charge in [-0.15, -0.1) is 6.58 Å². The topological polar surface area (TPSA) is 91.4 Å². The highest BCUT2D eigenvalue weighted by Gasteiger charge is 2.30. The Morgan fingerprint density at radius 2 is 1.94 bits per heavy atom. The highest BCUT2D eigenvalue weighted by atomic mass is 79.9. The molecule has 1 amide bonds. The fraction of sp³-hybridized carbons (Fsp3) is 0.417. The summed E-state index contributed by atoms with van der Waals surface area (Å²) in [5, 5.41) is 2.98. The van der Waals surface area contributed by atoms with Crippen LogP contribution in [0.1, 0.15) is 44.2 Å². The molecule has 7 nitrogen and oxygen atoms in total. The fourth-order valence-corrected chi connectivity index (χ4v) is 6.13. The Bertz CT molecular complexity index is 1120. The van der Waals surface area contributed by atoms with E-state index in [9.17, 15) is 17.6 Å². The number of aromatic nitrogens is 1. The lowest BCUT2D eigenvalue weighted by atomic mass is 9.85. The molecule has 1 unspecified atom stereocenters. The molecule has 1 atom stereocenters. The number of halogens is 2. The number of hydrogen-bond acceptors (Lipinski definition) is 5. The fourth-order valence-electron chi connectivity index (χ4n) is 4.05. The minimum absolute atomic E-state index is 0.0644. The van der Waals surface area contributed by atoms with E-state index < -0.39 is 10.0 Å². The maximum absolute atomic E-state index is 13.1. The van der Waals surface area contributed by atoms with Crippen molar-refractivity contribution in [1.82, 2.24) is 15.0 Å². The van der Waals surface area contributed by atoms with E-state index in [1.807, 2.05) is 18.9 Å². The van der Waals surface area contributed by atoms with Gasteiger partial charge in [-0.3, -0.25) is 4.79 Å². The predicted octanol–water partition coefficient (Wildman–Crippen LogP) is 4.32. The molecule has 2 aromatic rings. The van der Waals surface area contributed by atoms with E-state index in [0.29, 0.717) is 42.5 Å². The number of pyridine rings is 1. The highest BCUT2D eigenvalue weighted by Crippen LogP contribution is 2.29. The van der Waals surface area contributed by atoms with Gasteiger partial charge in [0.15, 0.2) is 0 Å². The molecule has 1 heterocycles. The van der Waals surface area contributed by atoms with Crippen molar-refractivity contribution in [3.05, 3.63) is 65.0 Å². The molecule has 184 valence electrons. The summed E-state index contributed by atoms with van der Waals surface area (Å²) in [7, 11) is -1.90. The van der Waals surface area contributed by atoms with Gasteiger partial charge in [-0.05, 0) is 72.3 Å². The minimum atomic E-state index is -3.75. The first kappa shape index (κ1) is 26.3. The number of hydrogen-bond donors (Lipinski definition) is 2. The zero-order valence-corrected chi connectivity index (χ0v) is 21.7.